The number of hydrogen-bond acceptors (Lipinski definition) is 4. The van der Waals surface area contributed by atoms with E-state index in [0.717, 1.165) is 38.0 Å². The van der Waals surface area contributed by atoms with Crippen LogP contribution in [0.15, 0.2) is 34.2 Å². The van der Waals surface area contributed by atoms with Crippen LogP contribution in [0.2, 0.25) is 0 Å². The first-order chi connectivity index (χ1) is 8.82. The topological polar surface area (TPSA) is 38.7 Å². The molecule has 0 spiro atoms. The van der Waals surface area contributed by atoms with Crippen LogP contribution in [-0.4, -0.2) is 24.5 Å². The van der Waals surface area contributed by atoms with Crippen molar-refractivity contribution in [2.75, 3.05) is 13.2 Å². The van der Waals surface area contributed by atoms with Crippen molar-refractivity contribution in [3.8, 4) is 0 Å². The quantitative estimate of drug-likeness (QED) is 0.618. The van der Waals surface area contributed by atoms with Crippen molar-refractivity contribution in [3.63, 3.8) is 0 Å². The van der Waals surface area contributed by atoms with Crippen LogP contribution in [0.1, 0.15) is 24.8 Å². The van der Waals surface area contributed by atoms with Gasteiger partial charge in [0.1, 0.15) is 0 Å². The third-order valence-electron chi connectivity index (χ3n) is 3.74. The van der Waals surface area contributed by atoms with E-state index in [9.17, 15) is 4.79 Å². The molecule has 0 amide bonds. The number of thioether (sulfide) groups is 1. The van der Waals surface area contributed by atoms with E-state index >= 15 is 0 Å². The van der Waals surface area contributed by atoms with Crippen LogP contribution in [0.3, 0.4) is 0 Å². The summed E-state index contributed by atoms with van der Waals surface area (Å²) >= 11 is 1.86. The Bertz CT molecular complexity index is 471. The maximum atomic E-state index is 10.5. The molecule has 2 aliphatic rings. The number of ether oxygens (including phenoxy) is 1. The van der Waals surface area contributed by atoms with Crippen molar-refractivity contribution in [2.45, 2.75) is 34.9 Å². The molecule has 4 heteroatoms. The maximum absolute atomic E-state index is 10.5. The molecule has 3 nitrogen and oxygen atoms in total. The smallest absolute Gasteiger partial charge is 0.235 e. The van der Waals surface area contributed by atoms with Crippen molar-refractivity contribution in [1.29, 1.82) is 0 Å². The summed E-state index contributed by atoms with van der Waals surface area (Å²) in [6.45, 7) is 1.71. The monoisotopic (exact) mass is 261 g/mol. The molecular weight excluding hydrogens is 246 g/mol. The highest BCUT2D eigenvalue weighted by molar-refractivity contribution is 8.00. The summed E-state index contributed by atoms with van der Waals surface area (Å²) in [6, 6.07) is 8.45. The number of nitrogens with zero attached hydrogens (tertiary/aromatic N) is 1. The average Bonchev–Trinajstić information content (AvgIpc) is 2.30. The van der Waals surface area contributed by atoms with Crippen molar-refractivity contribution in [2.24, 2.45) is 4.99 Å². The third-order valence-corrected chi connectivity index (χ3v) is 4.89. The van der Waals surface area contributed by atoms with Gasteiger partial charge in [0.25, 0.3) is 0 Å². The molecule has 0 aromatic heterocycles. The van der Waals surface area contributed by atoms with Gasteiger partial charge >= 0.3 is 0 Å². The first kappa shape index (κ1) is 12.0. The first-order valence-electron chi connectivity index (χ1n) is 6.26. The van der Waals surface area contributed by atoms with Gasteiger partial charge in [0, 0.05) is 4.90 Å². The van der Waals surface area contributed by atoms with Crippen molar-refractivity contribution < 1.29 is 9.53 Å². The third kappa shape index (κ3) is 2.12. The lowest BCUT2D eigenvalue weighted by Gasteiger charge is -2.37. The van der Waals surface area contributed by atoms with Crippen LogP contribution in [0.5, 0.6) is 0 Å². The van der Waals surface area contributed by atoms with Gasteiger partial charge in [-0.05, 0) is 37.0 Å². The molecule has 0 bridgehead atoms. The van der Waals surface area contributed by atoms with Crippen LogP contribution in [0.25, 0.3) is 0 Å². The molecule has 1 aromatic rings. The lowest BCUT2D eigenvalue weighted by molar-refractivity contribution is 0.0455. The summed E-state index contributed by atoms with van der Waals surface area (Å²) < 4.78 is 5.16. The zero-order valence-electron chi connectivity index (χ0n) is 10.1. The maximum Gasteiger partial charge on any atom is 0.235 e. The Labute approximate surface area is 111 Å². The van der Waals surface area contributed by atoms with E-state index in [-0.39, 0.29) is 5.54 Å². The second-order valence-corrected chi connectivity index (χ2v) is 6.26. The van der Waals surface area contributed by atoms with Crippen LogP contribution >= 0.6 is 11.8 Å². The molecule has 2 fully saturated rings. The first-order valence-corrected chi connectivity index (χ1v) is 7.14. The summed E-state index contributed by atoms with van der Waals surface area (Å²) in [5.41, 5.74) is 0.871. The van der Waals surface area contributed by atoms with Gasteiger partial charge in [-0.15, -0.1) is 11.8 Å². The predicted octanol–water partition coefficient (Wildman–Crippen LogP) is 2.89. The minimum atomic E-state index is -0.273. The van der Waals surface area contributed by atoms with Crippen LogP contribution in [0.4, 0.5) is 0 Å². The number of hydrogen-bond donors (Lipinski definition) is 0. The number of rotatable bonds is 4. The second-order valence-electron chi connectivity index (χ2n) is 4.89. The largest absolute Gasteiger partial charge is 0.379 e. The van der Waals surface area contributed by atoms with E-state index in [2.05, 4.69) is 29.3 Å². The van der Waals surface area contributed by atoms with Gasteiger partial charge in [0.15, 0.2) is 0 Å². The number of benzene rings is 1. The average molecular weight is 261 g/mol. The van der Waals surface area contributed by atoms with Crippen LogP contribution in [0, 0.1) is 0 Å². The molecule has 1 aliphatic carbocycles. The Balaban J connectivity index is 1.75. The SMILES string of the molecule is O=C=NC1(c2ccc(SC3COC3)cc2)CCC1. The fourth-order valence-corrected chi connectivity index (χ4v) is 3.39. The standard InChI is InChI=1S/C14H15NO2S/c16-10-15-14(6-1-7-14)11-2-4-12(5-3-11)18-13-8-17-9-13/h2-5,13H,1,6-9H2. The second kappa shape index (κ2) is 4.88. The summed E-state index contributed by atoms with van der Waals surface area (Å²) in [7, 11) is 0. The van der Waals surface area contributed by atoms with Gasteiger partial charge in [0.2, 0.25) is 6.08 Å². The lowest BCUT2D eigenvalue weighted by Crippen LogP contribution is -2.32. The Morgan fingerprint density at radius 1 is 1.28 bits per heavy atom. The predicted molar refractivity (Wildman–Crippen MR) is 70.6 cm³/mol. The molecule has 0 unspecified atom stereocenters. The fourth-order valence-electron chi connectivity index (χ4n) is 2.38. The van der Waals surface area contributed by atoms with Gasteiger partial charge < -0.3 is 4.74 Å². The molecular formula is C14H15NO2S. The molecule has 1 aliphatic heterocycles. The molecule has 94 valence electrons. The highest BCUT2D eigenvalue weighted by atomic mass is 32.2. The summed E-state index contributed by atoms with van der Waals surface area (Å²) in [6.07, 6.45) is 4.79. The molecule has 0 atom stereocenters. The Kier molecular flexibility index (Phi) is 3.25. The summed E-state index contributed by atoms with van der Waals surface area (Å²) in [4.78, 5) is 15.8. The molecule has 1 aromatic carbocycles. The zero-order valence-corrected chi connectivity index (χ0v) is 10.9. The highest BCUT2D eigenvalue weighted by Gasteiger charge is 2.38. The minimum Gasteiger partial charge on any atom is -0.379 e. The van der Waals surface area contributed by atoms with E-state index < -0.39 is 0 Å². The van der Waals surface area contributed by atoms with Gasteiger partial charge in [-0.25, -0.2) is 4.79 Å². The summed E-state index contributed by atoms with van der Waals surface area (Å²) in [5, 5.41) is 0.599. The van der Waals surface area contributed by atoms with Crippen LogP contribution < -0.4 is 0 Å². The van der Waals surface area contributed by atoms with E-state index in [1.165, 1.54) is 4.90 Å². The van der Waals surface area contributed by atoms with E-state index in [0.29, 0.717) is 5.25 Å². The lowest BCUT2D eigenvalue weighted by atomic mass is 9.72. The molecule has 0 radical (unpaired) electrons. The Morgan fingerprint density at radius 2 is 2.00 bits per heavy atom. The highest BCUT2D eigenvalue weighted by Crippen LogP contribution is 2.45. The van der Waals surface area contributed by atoms with Crippen molar-refractivity contribution >= 4 is 17.8 Å². The van der Waals surface area contributed by atoms with Gasteiger partial charge in [-0.2, -0.15) is 4.99 Å². The zero-order chi connectivity index (χ0) is 12.4. The van der Waals surface area contributed by atoms with Crippen molar-refractivity contribution in [1.82, 2.24) is 0 Å². The molecule has 1 saturated carbocycles. The van der Waals surface area contributed by atoms with E-state index in [1.807, 2.05) is 11.8 Å². The molecule has 1 saturated heterocycles. The Hall–Kier alpha value is -1.09. The number of isocyanates is 1. The van der Waals surface area contributed by atoms with Crippen LogP contribution in [-0.2, 0) is 15.1 Å². The van der Waals surface area contributed by atoms with Gasteiger partial charge in [-0.1, -0.05) is 12.1 Å². The molecule has 18 heavy (non-hydrogen) atoms. The summed E-state index contributed by atoms with van der Waals surface area (Å²) in [5.74, 6) is 0. The normalized spacial score (nSPS) is 21.6. The van der Waals surface area contributed by atoms with Gasteiger partial charge in [-0.3, -0.25) is 0 Å². The van der Waals surface area contributed by atoms with E-state index in [1.54, 1.807) is 6.08 Å². The fraction of sp³-hybridized carbons (Fsp3) is 0.500. The molecule has 1 heterocycles. The Morgan fingerprint density at radius 3 is 2.44 bits per heavy atom. The molecule has 3 rings (SSSR count). The van der Waals surface area contributed by atoms with Gasteiger partial charge in [0.05, 0.1) is 24.0 Å². The number of aliphatic imine (C=N–C) groups is 1. The van der Waals surface area contributed by atoms with Crippen molar-refractivity contribution in [3.05, 3.63) is 29.8 Å². The number of carbonyl (C=O) groups excluding carboxylic acids is 1. The minimum absolute atomic E-state index is 0.273. The van der Waals surface area contributed by atoms with E-state index in [4.69, 9.17) is 4.74 Å². The molecule has 0 N–H and O–H groups in total.